The predicted molar refractivity (Wildman–Crippen MR) is 72.7 cm³/mol. The molecule has 0 bridgehead atoms. The van der Waals surface area contributed by atoms with Crippen molar-refractivity contribution in [1.29, 1.82) is 0 Å². The molecule has 0 atom stereocenters. The molecule has 19 heavy (non-hydrogen) atoms. The van der Waals surface area contributed by atoms with Crippen molar-refractivity contribution in [2.45, 2.75) is 0 Å². The molecule has 3 rings (SSSR count). The minimum absolute atomic E-state index is 0.112. The number of hydrogen-bond acceptors (Lipinski definition) is 3. The topological polar surface area (TPSA) is 70.7 Å². The summed E-state index contributed by atoms with van der Waals surface area (Å²) in [6, 6.07) is 9.18. The van der Waals surface area contributed by atoms with Crippen LogP contribution in [0.1, 0.15) is 10.4 Å². The van der Waals surface area contributed by atoms with Gasteiger partial charge < -0.3 is 10.3 Å². The average molecular weight is 252 g/mol. The number of fused-ring (bicyclic) bond motifs is 1. The predicted octanol–water partition coefficient (Wildman–Crippen LogP) is 1.98. The number of rotatable bonds is 2. The van der Waals surface area contributed by atoms with Crippen LogP contribution in [0.3, 0.4) is 0 Å². The summed E-state index contributed by atoms with van der Waals surface area (Å²) in [6.07, 6.45) is 3.47. The maximum absolute atomic E-state index is 11.6. The minimum Gasteiger partial charge on any atom is -0.355 e. The van der Waals surface area contributed by atoms with Gasteiger partial charge in [0.1, 0.15) is 5.82 Å². The summed E-state index contributed by atoms with van der Waals surface area (Å²) in [5, 5.41) is 2.60. The van der Waals surface area contributed by atoms with E-state index in [0.717, 1.165) is 22.4 Å². The standard InChI is InChI=1S/C14H12N4O/c1-15-14(19)9-4-5-11-12(7-9)18-13(17-11)10-3-2-6-16-8-10/h2-8H,1H3,(H,15,19)(H,17,18). The van der Waals surface area contributed by atoms with Crippen molar-refractivity contribution >= 4 is 16.9 Å². The Kier molecular flexibility index (Phi) is 2.72. The SMILES string of the molecule is CNC(=O)c1ccc2nc(-c3cccnc3)[nH]c2c1. The Bertz CT molecular complexity index is 734. The highest BCUT2D eigenvalue weighted by atomic mass is 16.1. The van der Waals surface area contributed by atoms with E-state index in [2.05, 4.69) is 20.3 Å². The Labute approximate surface area is 109 Å². The van der Waals surface area contributed by atoms with Gasteiger partial charge in [0.05, 0.1) is 11.0 Å². The zero-order valence-corrected chi connectivity index (χ0v) is 10.3. The van der Waals surface area contributed by atoms with Crippen LogP contribution in [0.2, 0.25) is 0 Å². The van der Waals surface area contributed by atoms with Gasteiger partial charge in [0.25, 0.3) is 5.91 Å². The third-order valence-corrected chi connectivity index (χ3v) is 2.91. The summed E-state index contributed by atoms with van der Waals surface area (Å²) >= 11 is 0. The second kappa shape index (κ2) is 4.53. The van der Waals surface area contributed by atoms with Crippen LogP contribution in [-0.2, 0) is 0 Å². The third-order valence-electron chi connectivity index (χ3n) is 2.91. The van der Waals surface area contributed by atoms with Crippen LogP contribution >= 0.6 is 0 Å². The van der Waals surface area contributed by atoms with Gasteiger partial charge in [0.15, 0.2) is 0 Å². The summed E-state index contributed by atoms with van der Waals surface area (Å²) in [5.41, 5.74) is 3.18. The number of aromatic nitrogens is 3. The smallest absolute Gasteiger partial charge is 0.251 e. The van der Waals surface area contributed by atoms with Crippen molar-refractivity contribution in [1.82, 2.24) is 20.3 Å². The summed E-state index contributed by atoms with van der Waals surface area (Å²) in [5.74, 6) is 0.636. The molecule has 5 nitrogen and oxygen atoms in total. The zero-order chi connectivity index (χ0) is 13.2. The molecule has 0 radical (unpaired) electrons. The van der Waals surface area contributed by atoms with Crippen LogP contribution in [0.5, 0.6) is 0 Å². The largest absolute Gasteiger partial charge is 0.355 e. The van der Waals surface area contributed by atoms with Crippen LogP contribution in [0.25, 0.3) is 22.4 Å². The summed E-state index contributed by atoms with van der Waals surface area (Å²) in [4.78, 5) is 23.3. The molecule has 0 aliphatic heterocycles. The highest BCUT2D eigenvalue weighted by Crippen LogP contribution is 2.20. The third kappa shape index (κ3) is 2.06. The molecule has 0 aliphatic carbocycles. The number of carbonyl (C=O) groups is 1. The lowest BCUT2D eigenvalue weighted by Gasteiger charge is -1.98. The van der Waals surface area contributed by atoms with Gasteiger partial charge >= 0.3 is 0 Å². The van der Waals surface area contributed by atoms with Crippen LogP contribution in [-0.4, -0.2) is 27.9 Å². The monoisotopic (exact) mass is 252 g/mol. The molecular formula is C14H12N4O. The minimum atomic E-state index is -0.112. The number of pyridine rings is 1. The number of carbonyl (C=O) groups excluding carboxylic acids is 1. The number of nitrogens with one attached hydrogen (secondary N) is 2. The van der Waals surface area contributed by atoms with Crippen molar-refractivity contribution in [3.8, 4) is 11.4 Å². The molecule has 1 aromatic carbocycles. The van der Waals surface area contributed by atoms with Gasteiger partial charge in [-0.25, -0.2) is 4.98 Å². The molecule has 0 unspecified atom stereocenters. The van der Waals surface area contributed by atoms with Crippen molar-refractivity contribution < 1.29 is 4.79 Å². The first-order chi connectivity index (χ1) is 9.28. The van der Waals surface area contributed by atoms with E-state index < -0.39 is 0 Å². The number of imidazole rings is 1. The van der Waals surface area contributed by atoms with Gasteiger partial charge in [-0.15, -0.1) is 0 Å². The number of aromatic amines is 1. The van der Waals surface area contributed by atoms with E-state index in [9.17, 15) is 4.79 Å². The fraction of sp³-hybridized carbons (Fsp3) is 0.0714. The molecule has 0 aliphatic rings. The molecule has 0 fully saturated rings. The quantitative estimate of drug-likeness (QED) is 0.732. The van der Waals surface area contributed by atoms with E-state index in [0.29, 0.717) is 5.56 Å². The maximum Gasteiger partial charge on any atom is 0.251 e. The molecule has 3 aromatic rings. The van der Waals surface area contributed by atoms with Gasteiger partial charge in [-0.2, -0.15) is 0 Å². The van der Waals surface area contributed by atoms with E-state index in [1.165, 1.54) is 0 Å². The first kappa shape index (κ1) is 11.4. The normalized spacial score (nSPS) is 10.6. The molecular weight excluding hydrogens is 240 g/mol. The van der Waals surface area contributed by atoms with E-state index in [4.69, 9.17) is 0 Å². The molecule has 0 saturated carbocycles. The molecule has 94 valence electrons. The van der Waals surface area contributed by atoms with Gasteiger partial charge in [0, 0.05) is 30.6 Å². The highest BCUT2D eigenvalue weighted by molar-refractivity contribution is 5.97. The fourth-order valence-electron chi connectivity index (χ4n) is 1.93. The molecule has 2 aromatic heterocycles. The Balaban J connectivity index is 2.09. The number of amides is 1. The lowest BCUT2D eigenvalue weighted by atomic mass is 10.2. The van der Waals surface area contributed by atoms with Crippen molar-refractivity contribution in [2.75, 3.05) is 7.05 Å². The van der Waals surface area contributed by atoms with Crippen molar-refractivity contribution in [2.24, 2.45) is 0 Å². The van der Waals surface area contributed by atoms with Crippen molar-refractivity contribution in [3.05, 3.63) is 48.3 Å². The number of benzene rings is 1. The number of hydrogen-bond donors (Lipinski definition) is 2. The maximum atomic E-state index is 11.6. The molecule has 5 heteroatoms. The molecule has 2 N–H and O–H groups in total. The van der Waals surface area contributed by atoms with E-state index >= 15 is 0 Å². The van der Waals surface area contributed by atoms with Gasteiger partial charge in [-0.1, -0.05) is 0 Å². The van der Waals surface area contributed by atoms with E-state index in [-0.39, 0.29) is 5.91 Å². The van der Waals surface area contributed by atoms with Gasteiger partial charge in [-0.3, -0.25) is 9.78 Å². The summed E-state index contributed by atoms with van der Waals surface area (Å²) in [7, 11) is 1.61. The summed E-state index contributed by atoms with van der Waals surface area (Å²) < 4.78 is 0. The Morgan fingerprint density at radius 1 is 1.32 bits per heavy atom. The van der Waals surface area contributed by atoms with Crippen LogP contribution in [0, 0.1) is 0 Å². The fourth-order valence-corrected chi connectivity index (χ4v) is 1.93. The zero-order valence-electron chi connectivity index (χ0n) is 10.3. The Hall–Kier alpha value is -2.69. The Morgan fingerprint density at radius 3 is 2.95 bits per heavy atom. The van der Waals surface area contributed by atoms with E-state index in [1.807, 2.05) is 18.2 Å². The second-order valence-corrected chi connectivity index (χ2v) is 4.14. The van der Waals surface area contributed by atoms with Crippen molar-refractivity contribution in [3.63, 3.8) is 0 Å². The second-order valence-electron chi connectivity index (χ2n) is 4.14. The highest BCUT2D eigenvalue weighted by Gasteiger charge is 2.08. The molecule has 2 heterocycles. The lowest BCUT2D eigenvalue weighted by molar-refractivity contribution is 0.0963. The number of nitrogens with zero attached hydrogens (tertiary/aromatic N) is 2. The first-order valence-electron chi connectivity index (χ1n) is 5.90. The number of H-pyrrole nitrogens is 1. The lowest BCUT2D eigenvalue weighted by Crippen LogP contribution is -2.17. The van der Waals surface area contributed by atoms with Gasteiger partial charge in [-0.05, 0) is 30.3 Å². The average Bonchev–Trinajstić information content (AvgIpc) is 2.90. The molecule has 0 spiro atoms. The first-order valence-corrected chi connectivity index (χ1v) is 5.90. The van der Waals surface area contributed by atoms with Crippen LogP contribution < -0.4 is 5.32 Å². The van der Waals surface area contributed by atoms with Gasteiger partial charge in [0.2, 0.25) is 0 Å². The molecule has 1 amide bonds. The molecule has 0 saturated heterocycles. The summed E-state index contributed by atoms with van der Waals surface area (Å²) in [6.45, 7) is 0. The van der Waals surface area contributed by atoms with Crippen LogP contribution in [0.15, 0.2) is 42.7 Å². The van der Waals surface area contributed by atoms with Crippen LogP contribution in [0.4, 0.5) is 0 Å². The van der Waals surface area contributed by atoms with E-state index in [1.54, 1.807) is 31.6 Å². The Morgan fingerprint density at radius 2 is 2.21 bits per heavy atom.